The zero-order valence-electron chi connectivity index (χ0n) is 10.1. The van der Waals surface area contributed by atoms with Crippen LogP contribution in [-0.2, 0) is 0 Å². The fraction of sp³-hybridized carbons (Fsp3) is 0.308. The lowest BCUT2D eigenvalue weighted by atomic mass is 10.1. The lowest BCUT2D eigenvalue weighted by Crippen LogP contribution is -2.11. The minimum Gasteiger partial charge on any atom is -0.341 e. The predicted octanol–water partition coefficient (Wildman–Crippen LogP) is 3.15. The van der Waals surface area contributed by atoms with Crippen LogP contribution in [-0.4, -0.2) is 9.97 Å². The predicted molar refractivity (Wildman–Crippen MR) is 65.8 cm³/mol. The van der Waals surface area contributed by atoms with Crippen LogP contribution < -0.4 is 5.73 Å². The molecule has 0 aliphatic carbocycles. The summed E-state index contributed by atoms with van der Waals surface area (Å²) in [6.45, 7) is 2.02. The second-order valence-corrected chi connectivity index (χ2v) is 4.20. The van der Waals surface area contributed by atoms with Crippen molar-refractivity contribution in [2.45, 2.75) is 25.8 Å². The maximum absolute atomic E-state index is 13.6. The first-order valence-corrected chi connectivity index (χ1v) is 5.87. The Morgan fingerprint density at radius 3 is 2.89 bits per heavy atom. The van der Waals surface area contributed by atoms with Gasteiger partial charge in [0.2, 0.25) is 0 Å². The summed E-state index contributed by atoms with van der Waals surface area (Å²) in [6.07, 6.45) is 3.20. The fourth-order valence-electron chi connectivity index (χ4n) is 1.81. The fourth-order valence-corrected chi connectivity index (χ4v) is 1.81. The van der Waals surface area contributed by atoms with E-state index in [4.69, 9.17) is 5.73 Å². The Hall–Kier alpha value is -1.75. The molecule has 5 heteroatoms. The monoisotopic (exact) mass is 251 g/mol. The van der Waals surface area contributed by atoms with E-state index < -0.39 is 11.6 Å². The lowest BCUT2D eigenvalue weighted by molar-refractivity contribution is 0.601. The molecule has 0 radical (unpaired) electrons. The van der Waals surface area contributed by atoms with E-state index >= 15 is 0 Å². The first-order valence-electron chi connectivity index (χ1n) is 5.87. The number of halogens is 2. The summed E-state index contributed by atoms with van der Waals surface area (Å²) in [6, 6.07) is 3.11. The minimum absolute atomic E-state index is 0.164. The van der Waals surface area contributed by atoms with Crippen LogP contribution in [0.5, 0.6) is 0 Å². The van der Waals surface area contributed by atoms with Gasteiger partial charge in [-0.3, -0.25) is 0 Å². The molecule has 0 aliphatic heterocycles. The van der Waals surface area contributed by atoms with E-state index in [0.29, 0.717) is 11.5 Å². The normalized spacial score (nSPS) is 12.7. The van der Waals surface area contributed by atoms with Gasteiger partial charge < -0.3 is 10.7 Å². The van der Waals surface area contributed by atoms with Crippen LogP contribution in [0.1, 0.15) is 31.6 Å². The summed E-state index contributed by atoms with van der Waals surface area (Å²) in [5.41, 5.74) is 6.51. The number of nitrogens with one attached hydrogen (secondary N) is 1. The molecule has 0 aliphatic rings. The number of aromatic amines is 1. The number of imidazole rings is 1. The Kier molecular flexibility index (Phi) is 3.72. The molecule has 1 aromatic heterocycles. The molecule has 3 N–H and O–H groups in total. The van der Waals surface area contributed by atoms with E-state index in [1.807, 2.05) is 6.92 Å². The molecule has 0 fully saturated rings. The van der Waals surface area contributed by atoms with Crippen LogP contribution in [0.3, 0.4) is 0 Å². The molecule has 3 nitrogen and oxygen atoms in total. The highest BCUT2D eigenvalue weighted by Gasteiger charge is 2.13. The number of rotatable bonds is 4. The Balaban J connectivity index is 2.32. The molecule has 1 heterocycles. The van der Waals surface area contributed by atoms with Crippen molar-refractivity contribution >= 4 is 0 Å². The standard InChI is InChI=1S/C13H15F2N3/c1-2-3-11(16)13-17-7-12(18-13)9-6-8(14)4-5-10(9)15/h4-7,11H,2-3,16H2,1H3,(H,17,18). The second-order valence-electron chi connectivity index (χ2n) is 4.20. The van der Waals surface area contributed by atoms with Gasteiger partial charge >= 0.3 is 0 Å². The summed E-state index contributed by atoms with van der Waals surface area (Å²) < 4.78 is 26.7. The van der Waals surface area contributed by atoms with Gasteiger partial charge in [-0.2, -0.15) is 0 Å². The van der Waals surface area contributed by atoms with Crippen molar-refractivity contribution in [3.05, 3.63) is 41.9 Å². The zero-order chi connectivity index (χ0) is 13.1. The highest BCUT2D eigenvalue weighted by atomic mass is 19.1. The van der Waals surface area contributed by atoms with Crippen molar-refractivity contribution in [2.75, 3.05) is 0 Å². The van der Waals surface area contributed by atoms with E-state index in [1.54, 1.807) is 0 Å². The molecular formula is C13H15F2N3. The molecule has 0 bridgehead atoms. The number of nitrogens with zero attached hydrogens (tertiary/aromatic N) is 1. The number of H-pyrrole nitrogens is 1. The van der Waals surface area contributed by atoms with E-state index in [9.17, 15) is 8.78 Å². The number of nitrogens with two attached hydrogens (primary N) is 1. The van der Waals surface area contributed by atoms with Gasteiger partial charge in [0.25, 0.3) is 0 Å². The molecule has 2 aromatic rings. The summed E-state index contributed by atoms with van der Waals surface area (Å²) in [5.74, 6) is -0.383. The highest BCUT2D eigenvalue weighted by Crippen LogP contribution is 2.23. The average molecular weight is 251 g/mol. The van der Waals surface area contributed by atoms with Crippen molar-refractivity contribution in [1.82, 2.24) is 9.97 Å². The molecule has 2 rings (SSSR count). The number of hydrogen-bond donors (Lipinski definition) is 2. The molecule has 0 saturated carbocycles. The molecule has 18 heavy (non-hydrogen) atoms. The summed E-state index contributed by atoms with van der Waals surface area (Å²) in [5, 5.41) is 0. The molecule has 1 unspecified atom stereocenters. The minimum atomic E-state index is -0.490. The van der Waals surface area contributed by atoms with Crippen molar-refractivity contribution in [3.63, 3.8) is 0 Å². The number of aromatic nitrogens is 2. The van der Waals surface area contributed by atoms with Gasteiger partial charge in [0.05, 0.1) is 17.9 Å². The first kappa shape index (κ1) is 12.7. The third-order valence-electron chi connectivity index (χ3n) is 2.76. The van der Waals surface area contributed by atoms with Crippen LogP contribution in [0.15, 0.2) is 24.4 Å². The summed E-state index contributed by atoms with van der Waals surface area (Å²) in [4.78, 5) is 7.05. The van der Waals surface area contributed by atoms with Gasteiger partial charge in [0, 0.05) is 5.56 Å². The topological polar surface area (TPSA) is 54.7 Å². The van der Waals surface area contributed by atoms with E-state index in [1.165, 1.54) is 6.20 Å². The highest BCUT2D eigenvalue weighted by molar-refractivity contribution is 5.59. The van der Waals surface area contributed by atoms with Crippen LogP contribution in [0.25, 0.3) is 11.3 Å². The summed E-state index contributed by atoms with van der Waals surface area (Å²) >= 11 is 0. The number of benzene rings is 1. The maximum atomic E-state index is 13.6. The zero-order valence-corrected chi connectivity index (χ0v) is 10.1. The van der Waals surface area contributed by atoms with Crippen molar-refractivity contribution in [1.29, 1.82) is 0 Å². The Morgan fingerprint density at radius 2 is 2.17 bits per heavy atom. The third kappa shape index (κ3) is 2.56. The van der Waals surface area contributed by atoms with Crippen LogP contribution in [0.4, 0.5) is 8.78 Å². The van der Waals surface area contributed by atoms with Crippen molar-refractivity contribution < 1.29 is 8.78 Å². The Labute approximate surface area is 104 Å². The molecule has 0 spiro atoms. The SMILES string of the molecule is CCCC(N)c1ncc(-c2cc(F)ccc2F)[nH]1. The molecule has 1 atom stereocenters. The molecule has 96 valence electrons. The summed E-state index contributed by atoms with van der Waals surface area (Å²) in [7, 11) is 0. The first-order chi connectivity index (χ1) is 8.61. The Morgan fingerprint density at radius 1 is 1.39 bits per heavy atom. The molecular weight excluding hydrogens is 236 g/mol. The van der Waals surface area contributed by atoms with E-state index in [2.05, 4.69) is 9.97 Å². The van der Waals surface area contributed by atoms with Crippen LogP contribution in [0, 0.1) is 11.6 Å². The Bertz CT molecular complexity index is 537. The lowest BCUT2D eigenvalue weighted by Gasteiger charge is -2.06. The van der Waals surface area contributed by atoms with Gasteiger partial charge in [0.15, 0.2) is 0 Å². The van der Waals surface area contributed by atoms with Crippen molar-refractivity contribution in [3.8, 4) is 11.3 Å². The third-order valence-corrected chi connectivity index (χ3v) is 2.76. The largest absolute Gasteiger partial charge is 0.341 e. The average Bonchev–Trinajstić information content (AvgIpc) is 2.82. The van der Waals surface area contributed by atoms with Crippen LogP contribution >= 0.6 is 0 Å². The molecule has 0 saturated heterocycles. The van der Waals surface area contributed by atoms with Gasteiger partial charge in [-0.25, -0.2) is 13.8 Å². The second kappa shape index (κ2) is 5.27. The maximum Gasteiger partial charge on any atom is 0.132 e. The quantitative estimate of drug-likeness (QED) is 0.877. The van der Waals surface area contributed by atoms with Gasteiger partial charge in [0.1, 0.15) is 17.5 Å². The van der Waals surface area contributed by atoms with Crippen LogP contribution in [0.2, 0.25) is 0 Å². The van der Waals surface area contributed by atoms with Gasteiger partial charge in [-0.15, -0.1) is 0 Å². The molecule has 0 amide bonds. The smallest absolute Gasteiger partial charge is 0.132 e. The molecule has 1 aromatic carbocycles. The van der Waals surface area contributed by atoms with E-state index in [-0.39, 0.29) is 11.6 Å². The van der Waals surface area contributed by atoms with E-state index in [0.717, 1.165) is 31.0 Å². The van der Waals surface area contributed by atoms with Gasteiger partial charge in [-0.1, -0.05) is 13.3 Å². The number of hydrogen-bond acceptors (Lipinski definition) is 2. The van der Waals surface area contributed by atoms with Gasteiger partial charge in [-0.05, 0) is 24.6 Å². The van der Waals surface area contributed by atoms with Crippen molar-refractivity contribution in [2.24, 2.45) is 5.73 Å².